The molecule has 0 saturated heterocycles. The number of nitrogens with two attached hydrogens (primary N) is 2. The van der Waals surface area contributed by atoms with Gasteiger partial charge in [0, 0.05) is 0 Å². The molecule has 0 aliphatic carbocycles. The van der Waals surface area contributed by atoms with Crippen LogP contribution >= 0.6 is 0 Å². The van der Waals surface area contributed by atoms with Crippen LogP contribution in [0.3, 0.4) is 0 Å². The molecule has 0 radical (unpaired) electrons. The van der Waals surface area contributed by atoms with Crippen molar-refractivity contribution in [2.45, 2.75) is 26.4 Å². The largest absolute Gasteiger partial charge is 0.382 e. The maximum Gasteiger partial charge on any atom is 0.247 e. The highest BCUT2D eigenvalue weighted by molar-refractivity contribution is 5.87. The maximum absolute atomic E-state index is 10.8. The summed E-state index contributed by atoms with van der Waals surface area (Å²) < 4.78 is 0. The number of hydrogen-bond donors (Lipinski definition) is 3. The van der Waals surface area contributed by atoms with Crippen molar-refractivity contribution in [3.8, 4) is 0 Å². The average molecular weight is 188 g/mol. The molecule has 0 aliphatic heterocycles. The number of hydrogen-bond acceptors (Lipinski definition) is 3. The second-order valence-electron chi connectivity index (χ2n) is 3.49. The number of aliphatic hydroxyl groups is 1. The van der Waals surface area contributed by atoms with Crippen LogP contribution in [-0.4, -0.2) is 23.0 Å². The first-order valence-electron chi connectivity index (χ1n) is 4.13. The molecule has 0 aromatic rings. The lowest BCUT2D eigenvalue weighted by atomic mass is 9.91. The lowest BCUT2D eigenvalue weighted by Gasteiger charge is -2.18. The van der Waals surface area contributed by atoms with Crippen molar-refractivity contribution in [1.82, 2.24) is 0 Å². The molecular weight excluding hydrogens is 172 g/mol. The van der Waals surface area contributed by atoms with E-state index in [1.807, 2.05) is 13.8 Å². The van der Waals surface area contributed by atoms with E-state index in [1.54, 1.807) is 0 Å². The first-order valence-corrected chi connectivity index (χ1v) is 4.13. The van der Waals surface area contributed by atoms with Crippen molar-refractivity contribution in [3.63, 3.8) is 0 Å². The Kier molecular flexibility index (Phi) is 4.40. The van der Waals surface area contributed by atoms with Gasteiger partial charge in [-0.25, -0.2) is 0 Å². The summed E-state index contributed by atoms with van der Waals surface area (Å²) in [5.74, 6) is -2.31. The minimum Gasteiger partial charge on any atom is -0.382 e. The number of rotatable bonds is 5. The molecule has 76 valence electrons. The number of aliphatic hydroxyl groups excluding tert-OH is 1. The Hall–Kier alpha value is -1.10. The molecule has 2 unspecified atom stereocenters. The van der Waals surface area contributed by atoms with Crippen molar-refractivity contribution >= 4 is 11.8 Å². The fourth-order valence-electron chi connectivity index (χ4n) is 1.11. The van der Waals surface area contributed by atoms with Crippen LogP contribution in [0.15, 0.2) is 0 Å². The van der Waals surface area contributed by atoms with E-state index in [1.165, 1.54) is 0 Å². The molecule has 2 amide bonds. The molecule has 0 rings (SSSR count). The highest BCUT2D eigenvalue weighted by Crippen LogP contribution is 2.15. The molecule has 5 N–H and O–H groups in total. The van der Waals surface area contributed by atoms with Gasteiger partial charge in [0.25, 0.3) is 0 Å². The van der Waals surface area contributed by atoms with Crippen LogP contribution in [0.25, 0.3) is 0 Å². The monoisotopic (exact) mass is 188 g/mol. The molecule has 0 spiro atoms. The molecule has 2 atom stereocenters. The van der Waals surface area contributed by atoms with E-state index in [0.29, 0.717) is 6.42 Å². The second kappa shape index (κ2) is 4.81. The van der Waals surface area contributed by atoms with Gasteiger partial charge in [-0.1, -0.05) is 13.8 Å². The lowest BCUT2D eigenvalue weighted by Crippen LogP contribution is -2.42. The third kappa shape index (κ3) is 3.89. The van der Waals surface area contributed by atoms with Crippen molar-refractivity contribution in [2.75, 3.05) is 0 Å². The number of primary amides is 2. The van der Waals surface area contributed by atoms with Crippen molar-refractivity contribution in [2.24, 2.45) is 23.3 Å². The Morgan fingerprint density at radius 2 is 1.69 bits per heavy atom. The number of amides is 2. The van der Waals surface area contributed by atoms with Crippen molar-refractivity contribution in [3.05, 3.63) is 0 Å². The van der Waals surface area contributed by atoms with Crippen LogP contribution < -0.4 is 11.5 Å². The highest BCUT2D eigenvalue weighted by atomic mass is 16.3. The summed E-state index contributed by atoms with van der Waals surface area (Å²) in [4.78, 5) is 21.4. The molecule has 0 aliphatic rings. The van der Waals surface area contributed by atoms with E-state index in [2.05, 4.69) is 0 Å². The van der Waals surface area contributed by atoms with E-state index in [0.717, 1.165) is 0 Å². The fourth-order valence-corrected chi connectivity index (χ4v) is 1.11. The van der Waals surface area contributed by atoms with Crippen molar-refractivity contribution in [1.29, 1.82) is 0 Å². The Morgan fingerprint density at radius 3 is 1.92 bits per heavy atom. The molecule has 0 bridgehead atoms. The minimum atomic E-state index is -1.47. The van der Waals surface area contributed by atoms with Crippen LogP contribution in [0.1, 0.15) is 20.3 Å². The summed E-state index contributed by atoms with van der Waals surface area (Å²) in [6, 6.07) is 0. The van der Waals surface area contributed by atoms with Crippen LogP contribution in [0.5, 0.6) is 0 Å². The molecule has 0 saturated carbocycles. The Labute approximate surface area is 77.1 Å². The van der Waals surface area contributed by atoms with Crippen LogP contribution in [0.4, 0.5) is 0 Å². The summed E-state index contributed by atoms with van der Waals surface area (Å²) in [7, 11) is 0. The van der Waals surface area contributed by atoms with E-state index < -0.39 is 23.8 Å². The highest BCUT2D eigenvalue weighted by Gasteiger charge is 2.29. The normalized spacial score (nSPS) is 15.4. The first kappa shape index (κ1) is 11.9. The van der Waals surface area contributed by atoms with Crippen LogP contribution in [0, 0.1) is 11.8 Å². The predicted octanol–water partition coefficient (Wildman–Crippen LogP) is -1.02. The molecule has 0 heterocycles. The van der Waals surface area contributed by atoms with E-state index in [9.17, 15) is 14.7 Å². The molecule has 5 heteroatoms. The Morgan fingerprint density at radius 1 is 1.23 bits per heavy atom. The van der Waals surface area contributed by atoms with Gasteiger partial charge in [-0.3, -0.25) is 9.59 Å². The van der Waals surface area contributed by atoms with Gasteiger partial charge in [0.15, 0.2) is 0 Å². The molecule has 0 aromatic heterocycles. The zero-order valence-corrected chi connectivity index (χ0v) is 7.86. The summed E-state index contributed by atoms with van der Waals surface area (Å²) in [5.41, 5.74) is 9.87. The van der Waals surface area contributed by atoms with E-state index in [-0.39, 0.29) is 5.92 Å². The van der Waals surface area contributed by atoms with Crippen molar-refractivity contribution < 1.29 is 14.7 Å². The summed E-state index contributed by atoms with van der Waals surface area (Å²) in [6.45, 7) is 3.73. The number of carbonyl (C=O) groups excluding carboxylic acids is 2. The Bertz CT molecular complexity index is 204. The maximum atomic E-state index is 10.8. The van der Waals surface area contributed by atoms with Gasteiger partial charge in [0.1, 0.15) is 6.10 Å². The zero-order valence-electron chi connectivity index (χ0n) is 7.86. The van der Waals surface area contributed by atoms with E-state index >= 15 is 0 Å². The van der Waals surface area contributed by atoms with E-state index in [4.69, 9.17) is 11.5 Å². The molecular formula is C8H16N2O3. The first-order chi connectivity index (χ1) is 5.86. The summed E-state index contributed by atoms with van der Waals surface area (Å²) in [5, 5.41) is 9.23. The van der Waals surface area contributed by atoms with Crippen LogP contribution in [0.2, 0.25) is 0 Å². The zero-order chi connectivity index (χ0) is 10.6. The van der Waals surface area contributed by atoms with Gasteiger partial charge >= 0.3 is 0 Å². The molecule has 0 fully saturated rings. The predicted molar refractivity (Wildman–Crippen MR) is 47.3 cm³/mol. The van der Waals surface area contributed by atoms with Gasteiger partial charge in [-0.2, -0.15) is 0 Å². The second-order valence-corrected chi connectivity index (χ2v) is 3.49. The standard InChI is InChI=1S/C8H16N2O3/c1-4(2)3-5(7(9)12)6(11)8(10)13/h4-6,11H,3H2,1-2H3,(H2,9,12)(H2,10,13). The smallest absolute Gasteiger partial charge is 0.247 e. The van der Waals surface area contributed by atoms with Gasteiger partial charge in [0.2, 0.25) is 11.8 Å². The number of carbonyl (C=O) groups is 2. The molecule has 13 heavy (non-hydrogen) atoms. The molecule has 0 aromatic carbocycles. The third-order valence-electron chi connectivity index (χ3n) is 1.76. The van der Waals surface area contributed by atoms with Gasteiger partial charge in [-0.05, 0) is 12.3 Å². The summed E-state index contributed by atoms with van der Waals surface area (Å²) >= 11 is 0. The molecule has 5 nitrogen and oxygen atoms in total. The quantitative estimate of drug-likeness (QED) is 0.514. The third-order valence-corrected chi connectivity index (χ3v) is 1.76. The minimum absolute atomic E-state index is 0.173. The van der Waals surface area contributed by atoms with Gasteiger partial charge in [-0.15, -0.1) is 0 Å². The van der Waals surface area contributed by atoms with Gasteiger partial charge in [0.05, 0.1) is 5.92 Å². The van der Waals surface area contributed by atoms with Gasteiger partial charge < -0.3 is 16.6 Å². The average Bonchev–Trinajstić information content (AvgIpc) is 1.97. The summed E-state index contributed by atoms with van der Waals surface area (Å²) in [6.07, 6.45) is -1.11. The lowest BCUT2D eigenvalue weighted by molar-refractivity contribution is -0.137. The van der Waals surface area contributed by atoms with Crippen LogP contribution in [-0.2, 0) is 9.59 Å². The topological polar surface area (TPSA) is 106 Å². The Balaban J connectivity index is 4.42. The SMILES string of the molecule is CC(C)CC(C(N)=O)C(O)C(N)=O. The fraction of sp³-hybridized carbons (Fsp3) is 0.750.